The van der Waals surface area contributed by atoms with Crippen molar-refractivity contribution in [2.45, 2.75) is 6.42 Å². The van der Waals surface area contributed by atoms with Crippen molar-refractivity contribution in [2.24, 2.45) is 0 Å². The maximum atomic E-state index is 4.70. The van der Waals surface area contributed by atoms with Crippen LogP contribution in [0.1, 0.15) is 5.56 Å². The lowest BCUT2D eigenvalue weighted by Gasteiger charge is -2.08. The van der Waals surface area contributed by atoms with E-state index in [-0.39, 0.29) is 0 Å². The molecule has 0 unspecified atom stereocenters. The Hall–Kier alpha value is -3.27. The number of hydrogen-bond acceptors (Lipinski definition) is 4. The van der Waals surface area contributed by atoms with Crippen LogP contribution in [0.15, 0.2) is 79.4 Å². The van der Waals surface area contributed by atoms with Gasteiger partial charge in [0, 0.05) is 24.5 Å². The van der Waals surface area contributed by atoms with Gasteiger partial charge in [-0.2, -0.15) is 0 Å². The lowest BCUT2D eigenvalue weighted by molar-refractivity contribution is 0.995. The van der Waals surface area contributed by atoms with E-state index in [1.165, 1.54) is 16.3 Å². The van der Waals surface area contributed by atoms with Crippen molar-refractivity contribution in [3.8, 4) is 11.3 Å². The summed E-state index contributed by atoms with van der Waals surface area (Å²) in [6, 6.07) is 18.7. The van der Waals surface area contributed by atoms with E-state index < -0.39 is 0 Å². The maximum Gasteiger partial charge on any atom is 0.145 e. The number of rotatable bonds is 5. The highest BCUT2D eigenvalue weighted by Crippen LogP contribution is 2.23. The Morgan fingerprint density at radius 2 is 1.64 bits per heavy atom. The summed E-state index contributed by atoms with van der Waals surface area (Å²) in [5.74, 6) is 0.791. The highest BCUT2D eigenvalue weighted by atomic mass is 15.0. The van der Waals surface area contributed by atoms with Gasteiger partial charge in [0.15, 0.2) is 0 Å². The van der Waals surface area contributed by atoms with Crippen LogP contribution in [0.25, 0.3) is 22.0 Å². The maximum absolute atomic E-state index is 4.70. The summed E-state index contributed by atoms with van der Waals surface area (Å²) in [7, 11) is 0. The molecule has 2 heterocycles. The summed E-state index contributed by atoms with van der Waals surface area (Å²) in [6.45, 7) is 0.805. The molecule has 0 aliphatic rings. The number of anilines is 1. The molecule has 4 heteroatoms. The molecule has 0 fully saturated rings. The molecule has 0 amide bonds. The highest BCUT2D eigenvalue weighted by molar-refractivity contribution is 5.86. The summed E-state index contributed by atoms with van der Waals surface area (Å²) in [4.78, 5) is 13.1. The molecule has 0 saturated carbocycles. The molecule has 122 valence electrons. The standard InChI is InChI=1S/C21H18N4/c1-2-4-18-13-19(6-5-17(18)3-1)20-14-23-15-21(25-20)24-12-9-16-7-10-22-11-8-16/h1-8,10-11,13-15H,9,12H2,(H,24,25). The quantitative estimate of drug-likeness (QED) is 0.592. The lowest BCUT2D eigenvalue weighted by Crippen LogP contribution is -2.07. The molecule has 0 bridgehead atoms. The molecule has 0 radical (unpaired) electrons. The van der Waals surface area contributed by atoms with Crippen LogP contribution >= 0.6 is 0 Å². The van der Waals surface area contributed by atoms with E-state index >= 15 is 0 Å². The summed E-state index contributed by atoms with van der Waals surface area (Å²) in [5.41, 5.74) is 3.20. The number of pyridine rings is 1. The number of nitrogens with one attached hydrogen (secondary N) is 1. The van der Waals surface area contributed by atoms with Gasteiger partial charge >= 0.3 is 0 Å². The minimum absolute atomic E-state index is 0.791. The van der Waals surface area contributed by atoms with E-state index in [1.807, 2.05) is 24.5 Å². The second kappa shape index (κ2) is 7.09. The van der Waals surface area contributed by atoms with Gasteiger partial charge in [-0.25, -0.2) is 4.98 Å². The summed E-state index contributed by atoms with van der Waals surface area (Å²) in [6.07, 6.45) is 8.12. The van der Waals surface area contributed by atoms with Gasteiger partial charge in [0.05, 0.1) is 18.1 Å². The molecule has 1 N–H and O–H groups in total. The predicted octanol–water partition coefficient (Wildman–Crippen LogP) is 4.35. The van der Waals surface area contributed by atoms with Crippen LogP contribution in [0.4, 0.5) is 5.82 Å². The van der Waals surface area contributed by atoms with Crippen molar-refractivity contribution >= 4 is 16.6 Å². The van der Waals surface area contributed by atoms with Gasteiger partial charge in [-0.15, -0.1) is 0 Å². The van der Waals surface area contributed by atoms with Gasteiger partial charge in [0.25, 0.3) is 0 Å². The number of aromatic nitrogens is 3. The molecule has 25 heavy (non-hydrogen) atoms. The van der Waals surface area contributed by atoms with Crippen molar-refractivity contribution < 1.29 is 0 Å². The molecule has 4 rings (SSSR count). The third-order valence-electron chi connectivity index (χ3n) is 4.15. The van der Waals surface area contributed by atoms with Crippen molar-refractivity contribution in [3.05, 3.63) is 84.9 Å². The third-order valence-corrected chi connectivity index (χ3v) is 4.15. The van der Waals surface area contributed by atoms with Gasteiger partial charge in [-0.3, -0.25) is 9.97 Å². The van der Waals surface area contributed by atoms with Crippen molar-refractivity contribution in [1.29, 1.82) is 0 Å². The first-order chi connectivity index (χ1) is 12.4. The molecule has 0 atom stereocenters. The molecule has 2 aromatic carbocycles. The fourth-order valence-electron chi connectivity index (χ4n) is 2.82. The number of fused-ring (bicyclic) bond motifs is 1. The monoisotopic (exact) mass is 326 g/mol. The molecule has 0 aliphatic heterocycles. The van der Waals surface area contributed by atoms with Crippen molar-refractivity contribution in [3.63, 3.8) is 0 Å². The van der Waals surface area contributed by atoms with Gasteiger partial charge in [-0.1, -0.05) is 36.4 Å². The Bertz CT molecular complexity index is 983. The van der Waals surface area contributed by atoms with E-state index in [4.69, 9.17) is 4.98 Å². The van der Waals surface area contributed by atoms with Crippen LogP contribution in [0.3, 0.4) is 0 Å². The third kappa shape index (κ3) is 3.63. The summed E-state index contributed by atoms with van der Waals surface area (Å²) in [5, 5.41) is 5.78. The highest BCUT2D eigenvalue weighted by Gasteiger charge is 2.03. The molecule has 4 aromatic rings. The topological polar surface area (TPSA) is 50.7 Å². The van der Waals surface area contributed by atoms with Gasteiger partial charge in [-0.05, 0) is 41.0 Å². The van der Waals surface area contributed by atoms with E-state index in [9.17, 15) is 0 Å². The summed E-state index contributed by atoms with van der Waals surface area (Å²) >= 11 is 0. The average molecular weight is 326 g/mol. The zero-order valence-electron chi connectivity index (χ0n) is 13.8. The molecular formula is C21H18N4. The van der Waals surface area contributed by atoms with E-state index in [2.05, 4.69) is 57.7 Å². The zero-order chi connectivity index (χ0) is 16.9. The van der Waals surface area contributed by atoms with Crippen LogP contribution < -0.4 is 5.32 Å². The van der Waals surface area contributed by atoms with E-state index in [0.717, 1.165) is 30.0 Å². The zero-order valence-corrected chi connectivity index (χ0v) is 13.8. The Labute approximate surface area is 146 Å². The predicted molar refractivity (Wildman–Crippen MR) is 101 cm³/mol. The van der Waals surface area contributed by atoms with Crippen LogP contribution in [0.5, 0.6) is 0 Å². The normalized spacial score (nSPS) is 10.7. The van der Waals surface area contributed by atoms with Gasteiger partial charge < -0.3 is 5.32 Å². The largest absolute Gasteiger partial charge is 0.368 e. The first-order valence-electron chi connectivity index (χ1n) is 8.32. The van der Waals surface area contributed by atoms with Gasteiger partial charge in [0.1, 0.15) is 5.82 Å². The number of benzene rings is 2. The van der Waals surface area contributed by atoms with Crippen LogP contribution in [-0.4, -0.2) is 21.5 Å². The minimum Gasteiger partial charge on any atom is -0.368 e. The van der Waals surface area contributed by atoms with Crippen molar-refractivity contribution in [1.82, 2.24) is 15.0 Å². The Morgan fingerprint density at radius 1 is 0.800 bits per heavy atom. The minimum atomic E-state index is 0.791. The Balaban J connectivity index is 1.50. The molecule has 0 spiro atoms. The average Bonchev–Trinajstić information content (AvgIpc) is 2.69. The molecular weight excluding hydrogens is 308 g/mol. The summed E-state index contributed by atoms with van der Waals surface area (Å²) < 4.78 is 0. The molecule has 0 saturated heterocycles. The Morgan fingerprint density at radius 3 is 2.52 bits per heavy atom. The first-order valence-corrected chi connectivity index (χ1v) is 8.32. The van der Waals surface area contributed by atoms with Gasteiger partial charge in [0.2, 0.25) is 0 Å². The van der Waals surface area contributed by atoms with Crippen molar-refractivity contribution in [2.75, 3.05) is 11.9 Å². The fourth-order valence-corrected chi connectivity index (χ4v) is 2.82. The van der Waals surface area contributed by atoms with Crippen LogP contribution in [-0.2, 0) is 6.42 Å². The smallest absolute Gasteiger partial charge is 0.145 e. The fraction of sp³-hybridized carbons (Fsp3) is 0.0952. The molecule has 0 aliphatic carbocycles. The van der Waals surface area contributed by atoms with Crippen LogP contribution in [0, 0.1) is 0 Å². The van der Waals surface area contributed by atoms with E-state index in [1.54, 1.807) is 12.4 Å². The Kier molecular flexibility index (Phi) is 4.33. The lowest BCUT2D eigenvalue weighted by atomic mass is 10.1. The molecule has 4 nitrogen and oxygen atoms in total. The number of hydrogen-bond donors (Lipinski definition) is 1. The van der Waals surface area contributed by atoms with E-state index in [0.29, 0.717) is 0 Å². The second-order valence-electron chi connectivity index (χ2n) is 5.88. The first kappa shape index (κ1) is 15.3. The SMILES string of the molecule is c1ccc2cc(-c3cncc(NCCc4ccncc4)n3)ccc2c1. The molecule has 2 aromatic heterocycles. The van der Waals surface area contributed by atoms with Crippen LogP contribution in [0.2, 0.25) is 0 Å². The number of nitrogens with zero attached hydrogens (tertiary/aromatic N) is 3. The second-order valence-corrected chi connectivity index (χ2v) is 5.88.